The van der Waals surface area contributed by atoms with E-state index in [2.05, 4.69) is 24.3 Å². The van der Waals surface area contributed by atoms with E-state index in [1.54, 1.807) is 14.2 Å². The van der Waals surface area contributed by atoms with Crippen LogP contribution in [0.1, 0.15) is 49.4 Å². The second-order valence-corrected chi connectivity index (χ2v) is 7.98. The van der Waals surface area contributed by atoms with Crippen molar-refractivity contribution in [2.75, 3.05) is 19.5 Å². The lowest BCUT2D eigenvalue weighted by molar-refractivity contribution is -0.118. The highest BCUT2D eigenvalue weighted by atomic mass is 16.5. The zero-order valence-electron chi connectivity index (χ0n) is 16.3. The van der Waals surface area contributed by atoms with Crippen LogP contribution in [0.4, 0.5) is 5.88 Å². The minimum Gasteiger partial charge on any atom is -0.493 e. The molecule has 0 saturated heterocycles. The molecule has 0 amide bonds. The Kier molecular flexibility index (Phi) is 4.02. The van der Waals surface area contributed by atoms with Crippen LogP contribution in [0, 0.1) is 12.3 Å². The summed E-state index contributed by atoms with van der Waals surface area (Å²) in [6.45, 7) is 6.11. The summed E-state index contributed by atoms with van der Waals surface area (Å²) in [5, 5.41) is 7.47. The first-order valence-electron chi connectivity index (χ1n) is 9.06. The smallest absolute Gasteiger partial charge is 0.233 e. The van der Waals surface area contributed by atoms with Crippen molar-refractivity contribution in [2.45, 2.75) is 39.5 Å². The Labute approximate surface area is 158 Å². The van der Waals surface area contributed by atoms with Gasteiger partial charge in [0.05, 0.1) is 31.4 Å². The summed E-state index contributed by atoms with van der Waals surface area (Å²) >= 11 is 0. The molecular weight excluding hydrogens is 344 g/mol. The first-order chi connectivity index (χ1) is 12.9. The number of para-hydroxylation sites is 1. The summed E-state index contributed by atoms with van der Waals surface area (Å²) < 4.78 is 16.7. The van der Waals surface area contributed by atoms with Crippen LogP contribution in [0.5, 0.6) is 11.5 Å². The first-order valence-corrected chi connectivity index (χ1v) is 9.06. The molecular formula is C21H24N2O4. The van der Waals surface area contributed by atoms with Gasteiger partial charge in [0.25, 0.3) is 0 Å². The highest BCUT2D eigenvalue weighted by Gasteiger charge is 2.44. The molecule has 0 radical (unpaired) electrons. The molecule has 1 aliphatic carbocycles. The number of carbonyl (C=O) groups is 1. The Balaban J connectivity index is 1.98. The quantitative estimate of drug-likeness (QED) is 0.875. The Morgan fingerprint density at radius 2 is 2.00 bits per heavy atom. The van der Waals surface area contributed by atoms with E-state index in [1.165, 1.54) is 0 Å². The fraction of sp³-hybridized carbons (Fsp3) is 0.429. The second-order valence-electron chi connectivity index (χ2n) is 7.98. The molecule has 0 bridgehead atoms. The van der Waals surface area contributed by atoms with Gasteiger partial charge in [0.1, 0.15) is 0 Å². The number of aromatic nitrogens is 1. The minimum atomic E-state index is -0.295. The molecule has 1 aromatic heterocycles. The van der Waals surface area contributed by atoms with Gasteiger partial charge in [-0.2, -0.15) is 0 Å². The van der Waals surface area contributed by atoms with E-state index in [9.17, 15) is 4.79 Å². The number of ketones is 1. The number of nitrogens with one attached hydrogen (secondary N) is 1. The van der Waals surface area contributed by atoms with E-state index >= 15 is 0 Å². The lowest BCUT2D eigenvalue weighted by Gasteiger charge is -2.38. The van der Waals surface area contributed by atoms with Crippen LogP contribution in [0.3, 0.4) is 0 Å². The largest absolute Gasteiger partial charge is 0.493 e. The average Bonchev–Trinajstić information content (AvgIpc) is 2.98. The Bertz CT molecular complexity index is 955. The first kappa shape index (κ1) is 17.6. The summed E-state index contributed by atoms with van der Waals surface area (Å²) in [5.74, 6) is 1.72. The van der Waals surface area contributed by atoms with Gasteiger partial charge in [-0.3, -0.25) is 4.79 Å². The Morgan fingerprint density at radius 1 is 1.22 bits per heavy atom. The molecule has 0 unspecified atom stereocenters. The minimum absolute atomic E-state index is 0.0987. The van der Waals surface area contributed by atoms with Gasteiger partial charge in [-0.05, 0) is 24.8 Å². The number of ether oxygens (including phenoxy) is 2. The van der Waals surface area contributed by atoms with Crippen molar-refractivity contribution < 1.29 is 18.8 Å². The van der Waals surface area contributed by atoms with E-state index in [-0.39, 0.29) is 17.1 Å². The second kappa shape index (κ2) is 6.15. The molecule has 6 heteroatoms. The molecule has 1 aromatic carbocycles. The van der Waals surface area contributed by atoms with Gasteiger partial charge in [-0.15, -0.1) is 0 Å². The number of rotatable bonds is 3. The lowest BCUT2D eigenvalue weighted by atomic mass is 9.69. The maximum absolute atomic E-state index is 13.2. The van der Waals surface area contributed by atoms with Crippen molar-refractivity contribution in [2.24, 2.45) is 5.41 Å². The fourth-order valence-corrected chi connectivity index (χ4v) is 4.32. The van der Waals surface area contributed by atoms with Gasteiger partial charge in [-0.25, -0.2) is 0 Å². The van der Waals surface area contributed by atoms with Crippen LogP contribution in [-0.2, 0) is 4.79 Å². The van der Waals surface area contributed by atoms with Crippen molar-refractivity contribution in [3.8, 4) is 11.5 Å². The van der Waals surface area contributed by atoms with Crippen molar-refractivity contribution in [3.05, 3.63) is 46.3 Å². The summed E-state index contributed by atoms with van der Waals surface area (Å²) in [5.41, 5.74) is 4.12. The van der Waals surface area contributed by atoms with E-state index in [0.29, 0.717) is 23.8 Å². The van der Waals surface area contributed by atoms with Gasteiger partial charge in [-0.1, -0.05) is 31.1 Å². The van der Waals surface area contributed by atoms with Gasteiger partial charge < -0.3 is 19.3 Å². The summed E-state index contributed by atoms with van der Waals surface area (Å²) in [6, 6.07) is 5.75. The molecule has 4 rings (SSSR count). The average molecular weight is 368 g/mol. The van der Waals surface area contributed by atoms with Crippen molar-refractivity contribution in [1.82, 2.24) is 5.16 Å². The molecule has 6 nitrogen and oxygen atoms in total. The standard InChI is InChI=1S/C21H24N2O4/c1-11-16-17(12-7-6-8-15(25-4)19(12)26-5)18-13(22-20(16)27-23-11)9-21(2,3)10-14(18)24/h6-8,17,22H,9-10H2,1-5H3/t17-/m1/s1. The number of hydrogen-bond acceptors (Lipinski definition) is 6. The number of allylic oxidation sites excluding steroid dienone is 2. The molecule has 1 aliphatic heterocycles. The third-order valence-corrected chi connectivity index (χ3v) is 5.41. The summed E-state index contributed by atoms with van der Waals surface area (Å²) in [7, 11) is 3.23. The molecule has 1 N–H and O–H groups in total. The summed E-state index contributed by atoms with van der Waals surface area (Å²) in [6.07, 6.45) is 1.28. The number of anilines is 1. The molecule has 0 saturated carbocycles. The van der Waals surface area contributed by atoms with Crippen LogP contribution in [-0.4, -0.2) is 25.2 Å². The predicted molar refractivity (Wildman–Crippen MR) is 101 cm³/mol. The highest BCUT2D eigenvalue weighted by Crippen LogP contribution is 2.52. The number of fused-ring (bicyclic) bond motifs is 1. The molecule has 0 spiro atoms. The SMILES string of the molecule is COc1cccc([C@H]2C3=C(CC(C)(C)CC3=O)Nc3onc(C)c32)c1OC. The Morgan fingerprint density at radius 3 is 2.70 bits per heavy atom. The van der Waals surface area contributed by atoms with Gasteiger partial charge in [0.15, 0.2) is 17.3 Å². The normalized spacial score (nSPS) is 20.6. The van der Waals surface area contributed by atoms with Gasteiger partial charge in [0.2, 0.25) is 5.88 Å². The van der Waals surface area contributed by atoms with Crippen molar-refractivity contribution >= 4 is 11.7 Å². The van der Waals surface area contributed by atoms with E-state index in [4.69, 9.17) is 14.0 Å². The van der Waals surface area contributed by atoms with E-state index in [0.717, 1.165) is 34.5 Å². The summed E-state index contributed by atoms with van der Waals surface area (Å²) in [4.78, 5) is 13.2. The van der Waals surface area contributed by atoms with Gasteiger partial charge >= 0.3 is 0 Å². The third kappa shape index (κ3) is 2.71. The lowest BCUT2D eigenvalue weighted by Crippen LogP contribution is -2.33. The van der Waals surface area contributed by atoms with Crippen LogP contribution in [0.15, 0.2) is 34.0 Å². The number of aryl methyl sites for hydroxylation is 1. The van der Waals surface area contributed by atoms with E-state index in [1.807, 2.05) is 25.1 Å². The maximum atomic E-state index is 13.2. The van der Waals surface area contributed by atoms with Crippen molar-refractivity contribution in [1.29, 1.82) is 0 Å². The molecule has 2 heterocycles. The van der Waals surface area contributed by atoms with Crippen LogP contribution >= 0.6 is 0 Å². The predicted octanol–water partition coefficient (Wildman–Crippen LogP) is 4.20. The number of hydrogen-bond donors (Lipinski definition) is 1. The maximum Gasteiger partial charge on any atom is 0.233 e. The fourth-order valence-electron chi connectivity index (χ4n) is 4.32. The Hall–Kier alpha value is -2.76. The van der Waals surface area contributed by atoms with Crippen LogP contribution in [0.2, 0.25) is 0 Å². The number of carbonyl (C=O) groups excluding carboxylic acids is 1. The molecule has 0 fully saturated rings. The number of benzene rings is 1. The zero-order valence-corrected chi connectivity index (χ0v) is 16.3. The van der Waals surface area contributed by atoms with Gasteiger partial charge in [0, 0.05) is 23.3 Å². The van der Waals surface area contributed by atoms with Crippen molar-refractivity contribution in [3.63, 3.8) is 0 Å². The van der Waals surface area contributed by atoms with Crippen LogP contribution in [0.25, 0.3) is 0 Å². The molecule has 142 valence electrons. The highest BCUT2D eigenvalue weighted by molar-refractivity contribution is 6.01. The molecule has 1 atom stereocenters. The third-order valence-electron chi connectivity index (χ3n) is 5.41. The zero-order chi connectivity index (χ0) is 19.3. The number of Topliss-reactive ketones (excluding diaryl/α,β-unsaturated/α-hetero) is 1. The molecule has 2 aromatic rings. The molecule has 27 heavy (non-hydrogen) atoms. The monoisotopic (exact) mass is 368 g/mol. The van der Waals surface area contributed by atoms with Crippen LogP contribution < -0.4 is 14.8 Å². The number of methoxy groups -OCH3 is 2. The topological polar surface area (TPSA) is 73.6 Å². The number of nitrogens with zero attached hydrogens (tertiary/aromatic N) is 1. The van der Waals surface area contributed by atoms with E-state index < -0.39 is 0 Å². The molecule has 2 aliphatic rings.